The summed E-state index contributed by atoms with van der Waals surface area (Å²) in [6.45, 7) is 5.75. The second-order valence-electron chi connectivity index (χ2n) is 6.32. The van der Waals surface area contributed by atoms with Gasteiger partial charge in [-0.2, -0.15) is 0 Å². The lowest BCUT2D eigenvalue weighted by Gasteiger charge is -2.11. The first-order valence-electron chi connectivity index (χ1n) is 8.96. The topological polar surface area (TPSA) is 59.6 Å². The van der Waals surface area contributed by atoms with E-state index in [9.17, 15) is 4.79 Å². The number of hydrogen-bond acceptors (Lipinski definition) is 3. The fourth-order valence-electron chi connectivity index (χ4n) is 2.57. The van der Waals surface area contributed by atoms with Crippen molar-refractivity contribution in [3.63, 3.8) is 0 Å². The zero-order chi connectivity index (χ0) is 18.8. The molecule has 140 valence electrons. The van der Waals surface area contributed by atoms with Gasteiger partial charge in [0.1, 0.15) is 18.1 Å². The van der Waals surface area contributed by atoms with Crippen LogP contribution in [-0.4, -0.2) is 32.8 Å². The van der Waals surface area contributed by atoms with E-state index < -0.39 is 0 Å². The van der Waals surface area contributed by atoms with E-state index in [1.54, 1.807) is 7.11 Å². The maximum atomic E-state index is 11.8. The molecule has 0 bridgehead atoms. The summed E-state index contributed by atoms with van der Waals surface area (Å²) in [7, 11) is 1.65. The van der Waals surface area contributed by atoms with Gasteiger partial charge in [0, 0.05) is 6.54 Å². The monoisotopic (exact) mass is 356 g/mol. The number of carbonyl (C=O) groups is 1. The molecule has 0 radical (unpaired) electrons. The number of urea groups is 1. The first-order valence-corrected chi connectivity index (χ1v) is 8.96. The van der Waals surface area contributed by atoms with Gasteiger partial charge in [-0.05, 0) is 41.7 Å². The van der Waals surface area contributed by atoms with Crippen molar-refractivity contribution in [3.05, 3.63) is 59.7 Å². The minimum atomic E-state index is -0.196. The quantitative estimate of drug-likeness (QED) is 0.673. The molecular formula is C21H28N2O3. The summed E-state index contributed by atoms with van der Waals surface area (Å²) in [4.78, 5) is 11.8. The number of carbonyl (C=O) groups excluding carboxylic acids is 1. The predicted molar refractivity (Wildman–Crippen MR) is 104 cm³/mol. The summed E-state index contributed by atoms with van der Waals surface area (Å²) < 4.78 is 10.9. The molecule has 0 spiro atoms. The minimum Gasteiger partial charge on any atom is -0.496 e. The fourth-order valence-corrected chi connectivity index (χ4v) is 2.57. The number of amides is 2. The van der Waals surface area contributed by atoms with Gasteiger partial charge in [-0.15, -0.1) is 0 Å². The van der Waals surface area contributed by atoms with Gasteiger partial charge >= 0.3 is 6.03 Å². The molecule has 0 aliphatic heterocycles. The number of benzene rings is 2. The molecule has 0 atom stereocenters. The molecule has 2 rings (SSSR count). The molecule has 0 saturated heterocycles. The fraction of sp³-hybridized carbons (Fsp3) is 0.381. The van der Waals surface area contributed by atoms with Crippen LogP contribution in [0.15, 0.2) is 48.5 Å². The van der Waals surface area contributed by atoms with Crippen LogP contribution in [0.1, 0.15) is 30.9 Å². The molecule has 2 amide bonds. The second kappa shape index (κ2) is 10.3. The number of para-hydroxylation sites is 1. The molecule has 0 unspecified atom stereocenters. The van der Waals surface area contributed by atoms with Gasteiger partial charge in [0.15, 0.2) is 0 Å². The molecular weight excluding hydrogens is 328 g/mol. The van der Waals surface area contributed by atoms with Crippen molar-refractivity contribution in [2.24, 2.45) is 0 Å². The Kier molecular flexibility index (Phi) is 7.80. The van der Waals surface area contributed by atoms with E-state index in [2.05, 4.69) is 36.6 Å². The molecule has 5 nitrogen and oxygen atoms in total. The van der Waals surface area contributed by atoms with Crippen molar-refractivity contribution < 1.29 is 14.3 Å². The molecule has 2 N–H and O–H groups in total. The van der Waals surface area contributed by atoms with Gasteiger partial charge in [-0.25, -0.2) is 4.79 Å². The first kappa shape index (κ1) is 19.6. The Morgan fingerprint density at radius 3 is 2.38 bits per heavy atom. The van der Waals surface area contributed by atoms with Crippen LogP contribution in [0, 0.1) is 0 Å². The third kappa shape index (κ3) is 6.31. The third-order valence-electron chi connectivity index (χ3n) is 4.08. The zero-order valence-corrected chi connectivity index (χ0v) is 15.7. The molecule has 0 heterocycles. The Bertz CT molecular complexity index is 684. The van der Waals surface area contributed by atoms with E-state index in [1.807, 2.05) is 36.4 Å². The third-order valence-corrected chi connectivity index (χ3v) is 4.08. The number of ether oxygens (including phenoxy) is 2. The van der Waals surface area contributed by atoms with Crippen molar-refractivity contribution in [2.45, 2.75) is 26.2 Å². The number of nitrogens with one attached hydrogen (secondary N) is 2. The van der Waals surface area contributed by atoms with Gasteiger partial charge in [0.05, 0.1) is 13.7 Å². The van der Waals surface area contributed by atoms with Gasteiger partial charge in [-0.1, -0.05) is 44.2 Å². The molecule has 26 heavy (non-hydrogen) atoms. The smallest absolute Gasteiger partial charge is 0.314 e. The van der Waals surface area contributed by atoms with Crippen molar-refractivity contribution in [2.75, 3.05) is 26.8 Å². The summed E-state index contributed by atoms with van der Waals surface area (Å²) in [6, 6.07) is 15.7. The molecule has 0 saturated carbocycles. The predicted octanol–water partition coefficient (Wildman–Crippen LogP) is 3.74. The Morgan fingerprint density at radius 1 is 1.00 bits per heavy atom. The Labute approximate surface area is 155 Å². The largest absolute Gasteiger partial charge is 0.496 e. The highest BCUT2D eigenvalue weighted by Gasteiger charge is 2.04. The van der Waals surface area contributed by atoms with E-state index in [0.717, 1.165) is 23.5 Å². The molecule has 0 fully saturated rings. The first-order chi connectivity index (χ1) is 12.6. The lowest BCUT2D eigenvalue weighted by molar-refractivity contribution is 0.236. The number of rotatable bonds is 9. The second-order valence-corrected chi connectivity index (χ2v) is 6.32. The molecule has 0 aromatic heterocycles. The van der Waals surface area contributed by atoms with Crippen molar-refractivity contribution in [3.8, 4) is 11.5 Å². The highest BCUT2D eigenvalue weighted by atomic mass is 16.5. The Morgan fingerprint density at radius 2 is 1.69 bits per heavy atom. The molecule has 2 aromatic carbocycles. The standard InChI is InChI=1S/C21H28N2O3/c1-16(2)17-8-10-19(11-9-17)26-15-14-23-21(24)22-13-12-18-6-4-5-7-20(18)25-3/h4-11,16H,12-15H2,1-3H3,(H2,22,23,24). The van der Waals surface area contributed by atoms with E-state index in [-0.39, 0.29) is 6.03 Å². The maximum absolute atomic E-state index is 11.8. The lowest BCUT2D eigenvalue weighted by Crippen LogP contribution is -2.38. The van der Waals surface area contributed by atoms with Crippen LogP contribution in [-0.2, 0) is 6.42 Å². The molecule has 2 aromatic rings. The zero-order valence-electron chi connectivity index (χ0n) is 15.7. The van der Waals surface area contributed by atoms with E-state index in [1.165, 1.54) is 5.56 Å². The lowest BCUT2D eigenvalue weighted by atomic mass is 10.0. The SMILES string of the molecule is COc1ccccc1CCNC(=O)NCCOc1ccc(C(C)C)cc1. The van der Waals surface area contributed by atoms with Gasteiger partial charge in [0.25, 0.3) is 0 Å². The van der Waals surface area contributed by atoms with E-state index in [4.69, 9.17) is 9.47 Å². The van der Waals surface area contributed by atoms with Crippen LogP contribution in [0.4, 0.5) is 4.79 Å². The summed E-state index contributed by atoms with van der Waals surface area (Å²) in [6.07, 6.45) is 0.718. The number of hydrogen-bond donors (Lipinski definition) is 2. The Hall–Kier alpha value is -2.69. The van der Waals surface area contributed by atoms with Crippen LogP contribution in [0.25, 0.3) is 0 Å². The van der Waals surface area contributed by atoms with Crippen molar-refractivity contribution in [1.82, 2.24) is 10.6 Å². The number of methoxy groups -OCH3 is 1. The van der Waals surface area contributed by atoms with E-state index >= 15 is 0 Å². The summed E-state index contributed by atoms with van der Waals surface area (Å²) in [5, 5.41) is 5.63. The maximum Gasteiger partial charge on any atom is 0.314 e. The van der Waals surface area contributed by atoms with Gasteiger partial charge in [-0.3, -0.25) is 0 Å². The summed E-state index contributed by atoms with van der Waals surface area (Å²) in [5.41, 5.74) is 2.35. The van der Waals surface area contributed by atoms with Crippen LogP contribution in [0.3, 0.4) is 0 Å². The minimum absolute atomic E-state index is 0.196. The van der Waals surface area contributed by atoms with Gasteiger partial charge in [0.2, 0.25) is 0 Å². The molecule has 0 aliphatic carbocycles. The Balaban J connectivity index is 1.61. The van der Waals surface area contributed by atoms with Crippen molar-refractivity contribution in [1.29, 1.82) is 0 Å². The highest BCUT2D eigenvalue weighted by Crippen LogP contribution is 2.18. The summed E-state index contributed by atoms with van der Waals surface area (Å²) in [5.74, 6) is 2.16. The van der Waals surface area contributed by atoms with E-state index in [0.29, 0.717) is 25.6 Å². The highest BCUT2D eigenvalue weighted by molar-refractivity contribution is 5.73. The normalized spacial score (nSPS) is 10.5. The summed E-state index contributed by atoms with van der Waals surface area (Å²) >= 11 is 0. The molecule has 5 heteroatoms. The van der Waals surface area contributed by atoms with Crippen LogP contribution in [0.2, 0.25) is 0 Å². The molecule has 0 aliphatic rings. The average molecular weight is 356 g/mol. The van der Waals surface area contributed by atoms with Crippen molar-refractivity contribution >= 4 is 6.03 Å². The van der Waals surface area contributed by atoms with Crippen LogP contribution < -0.4 is 20.1 Å². The van der Waals surface area contributed by atoms with Crippen LogP contribution >= 0.6 is 0 Å². The van der Waals surface area contributed by atoms with Crippen LogP contribution in [0.5, 0.6) is 11.5 Å². The van der Waals surface area contributed by atoms with Gasteiger partial charge < -0.3 is 20.1 Å². The average Bonchev–Trinajstić information content (AvgIpc) is 2.66.